The van der Waals surface area contributed by atoms with Gasteiger partial charge >= 0.3 is 0 Å². The quantitative estimate of drug-likeness (QED) is 0.817. The minimum Gasteiger partial charge on any atom is -0.493 e. The van der Waals surface area contributed by atoms with Gasteiger partial charge in [-0.05, 0) is 18.2 Å². The van der Waals surface area contributed by atoms with Crippen LogP contribution in [0.1, 0.15) is 18.4 Å². The Labute approximate surface area is 97.0 Å². The van der Waals surface area contributed by atoms with Gasteiger partial charge in [-0.2, -0.15) is 0 Å². The molecule has 0 atom stereocenters. The number of quaternary nitrogens is 1. The van der Waals surface area contributed by atoms with Gasteiger partial charge in [0.1, 0.15) is 6.54 Å². The van der Waals surface area contributed by atoms with E-state index in [-0.39, 0.29) is 0 Å². The number of nitrogens with one attached hydrogen (secondary N) is 1. The summed E-state index contributed by atoms with van der Waals surface area (Å²) in [5.74, 6) is 1.64. The molecule has 2 rings (SSSR count). The van der Waals surface area contributed by atoms with Crippen molar-refractivity contribution in [3.05, 3.63) is 23.8 Å². The summed E-state index contributed by atoms with van der Waals surface area (Å²) in [6, 6.07) is 6.21. The van der Waals surface area contributed by atoms with E-state index in [1.807, 2.05) is 6.07 Å². The summed E-state index contributed by atoms with van der Waals surface area (Å²) in [5.41, 5.74) is 1.33. The lowest BCUT2D eigenvalue weighted by Gasteiger charge is -2.14. The Morgan fingerprint density at radius 2 is 1.75 bits per heavy atom. The second kappa shape index (κ2) is 5.21. The zero-order chi connectivity index (χ0) is 11.4. The maximum Gasteiger partial charge on any atom is 0.161 e. The fourth-order valence-electron chi connectivity index (χ4n) is 2.33. The Morgan fingerprint density at radius 3 is 2.38 bits per heavy atom. The van der Waals surface area contributed by atoms with Crippen LogP contribution in [-0.4, -0.2) is 27.3 Å². The Bertz CT molecular complexity index is 346. The van der Waals surface area contributed by atoms with Crippen LogP contribution >= 0.6 is 0 Å². The van der Waals surface area contributed by atoms with E-state index in [1.54, 1.807) is 19.1 Å². The second-order valence-electron chi connectivity index (χ2n) is 4.32. The van der Waals surface area contributed by atoms with Crippen molar-refractivity contribution < 1.29 is 14.4 Å². The van der Waals surface area contributed by atoms with Gasteiger partial charge in [-0.1, -0.05) is 0 Å². The van der Waals surface area contributed by atoms with Gasteiger partial charge in [-0.15, -0.1) is 0 Å². The summed E-state index contributed by atoms with van der Waals surface area (Å²) in [4.78, 5) is 1.67. The summed E-state index contributed by atoms with van der Waals surface area (Å²) in [6.07, 6.45) is 2.73. The molecule has 0 radical (unpaired) electrons. The van der Waals surface area contributed by atoms with Gasteiger partial charge in [-0.25, -0.2) is 0 Å². The molecule has 0 aromatic heterocycles. The highest BCUT2D eigenvalue weighted by Gasteiger charge is 2.16. The van der Waals surface area contributed by atoms with Crippen molar-refractivity contribution in [1.82, 2.24) is 0 Å². The molecule has 1 aromatic rings. The van der Waals surface area contributed by atoms with E-state index in [0.29, 0.717) is 0 Å². The lowest BCUT2D eigenvalue weighted by Crippen LogP contribution is -3.08. The van der Waals surface area contributed by atoms with Crippen LogP contribution in [0, 0.1) is 0 Å². The molecule has 3 nitrogen and oxygen atoms in total. The molecule has 1 aliphatic heterocycles. The van der Waals surface area contributed by atoms with Crippen molar-refractivity contribution in [2.45, 2.75) is 19.4 Å². The molecule has 1 aromatic carbocycles. The molecule has 0 aliphatic carbocycles. The van der Waals surface area contributed by atoms with Gasteiger partial charge in [0, 0.05) is 18.4 Å². The predicted octanol–water partition coefficient (Wildman–Crippen LogP) is 0.882. The van der Waals surface area contributed by atoms with Crippen molar-refractivity contribution in [2.75, 3.05) is 27.3 Å². The van der Waals surface area contributed by atoms with Gasteiger partial charge in [-0.3, -0.25) is 0 Å². The minimum absolute atomic E-state index is 0.808. The number of hydrogen-bond donors (Lipinski definition) is 1. The average Bonchev–Trinajstić information content (AvgIpc) is 2.81. The molecule has 0 amide bonds. The summed E-state index contributed by atoms with van der Waals surface area (Å²) in [6.45, 7) is 3.70. The molecule has 0 unspecified atom stereocenters. The molecule has 1 saturated heterocycles. The number of benzene rings is 1. The number of hydrogen-bond acceptors (Lipinski definition) is 2. The first kappa shape index (κ1) is 11.3. The highest BCUT2D eigenvalue weighted by Crippen LogP contribution is 2.27. The fourth-order valence-corrected chi connectivity index (χ4v) is 2.33. The number of rotatable bonds is 4. The third-order valence-corrected chi connectivity index (χ3v) is 3.21. The first-order valence-corrected chi connectivity index (χ1v) is 5.88. The van der Waals surface area contributed by atoms with E-state index in [2.05, 4.69) is 12.1 Å². The van der Waals surface area contributed by atoms with E-state index in [0.717, 1.165) is 18.0 Å². The molecular formula is C13H20NO2+. The lowest BCUT2D eigenvalue weighted by atomic mass is 10.2. The van der Waals surface area contributed by atoms with Gasteiger partial charge < -0.3 is 14.4 Å². The normalized spacial score (nSPS) is 16.4. The van der Waals surface area contributed by atoms with Crippen LogP contribution in [0.25, 0.3) is 0 Å². The maximum atomic E-state index is 5.31. The summed E-state index contributed by atoms with van der Waals surface area (Å²) < 4.78 is 10.5. The molecule has 3 heteroatoms. The van der Waals surface area contributed by atoms with Crippen LogP contribution in [0.4, 0.5) is 0 Å². The summed E-state index contributed by atoms with van der Waals surface area (Å²) in [7, 11) is 3.35. The summed E-state index contributed by atoms with van der Waals surface area (Å²) in [5, 5.41) is 0. The zero-order valence-electron chi connectivity index (χ0n) is 10.1. The van der Waals surface area contributed by atoms with Crippen molar-refractivity contribution >= 4 is 0 Å². The average molecular weight is 222 g/mol. The molecule has 1 N–H and O–H groups in total. The first-order chi connectivity index (χ1) is 7.83. The Balaban J connectivity index is 2.09. The number of likely N-dealkylation sites (tertiary alicyclic amines) is 1. The fraction of sp³-hybridized carbons (Fsp3) is 0.538. The van der Waals surface area contributed by atoms with Crippen LogP contribution in [0.3, 0.4) is 0 Å². The topological polar surface area (TPSA) is 22.9 Å². The van der Waals surface area contributed by atoms with Crippen LogP contribution in [0.2, 0.25) is 0 Å². The first-order valence-electron chi connectivity index (χ1n) is 5.88. The van der Waals surface area contributed by atoms with Gasteiger partial charge in [0.25, 0.3) is 0 Å². The van der Waals surface area contributed by atoms with Crippen LogP contribution in [0.15, 0.2) is 18.2 Å². The van der Waals surface area contributed by atoms with Crippen LogP contribution < -0.4 is 14.4 Å². The number of ether oxygens (including phenoxy) is 2. The molecule has 0 saturated carbocycles. The Hall–Kier alpha value is -1.22. The van der Waals surface area contributed by atoms with Crippen molar-refractivity contribution in [3.8, 4) is 11.5 Å². The number of methoxy groups -OCH3 is 2. The predicted molar refractivity (Wildman–Crippen MR) is 63.2 cm³/mol. The highest BCUT2D eigenvalue weighted by molar-refractivity contribution is 5.42. The highest BCUT2D eigenvalue weighted by atomic mass is 16.5. The molecule has 1 aliphatic rings. The maximum absolute atomic E-state index is 5.31. The van der Waals surface area contributed by atoms with Crippen LogP contribution in [0.5, 0.6) is 11.5 Å². The standard InChI is InChI=1S/C13H19NO2/c1-15-12-6-5-11(9-13(12)16-2)10-14-7-3-4-8-14/h5-6,9H,3-4,7-8,10H2,1-2H3/p+1. The Morgan fingerprint density at radius 1 is 1.06 bits per heavy atom. The van der Waals surface area contributed by atoms with E-state index in [9.17, 15) is 0 Å². The second-order valence-corrected chi connectivity index (χ2v) is 4.32. The largest absolute Gasteiger partial charge is 0.493 e. The van der Waals surface area contributed by atoms with Gasteiger partial charge in [0.2, 0.25) is 0 Å². The third-order valence-electron chi connectivity index (χ3n) is 3.21. The third kappa shape index (κ3) is 2.47. The van der Waals surface area contributed by atoms with E-state index >= 15 is 0 Å². The molecule has 1 heterocycles. The molecule has 88 valence electrons. The Kier molecular flexibility index (Phi) is 3.67. The molecule has 16 heavy (non-hydrogen) atoms. The van der Waals surface area contributed by atoms with Crippen molar-refractivity contribution in [3.63, 3.8) is 0 Å². The monoisotopic (exact) mass is 222 g/mol. The summed E-state index contributed by atoms with van der Waals surface area (Å²) >= 11 is 0. The zero-order valence-corrected chi connectivity index (χ0v) is 10.1. The smallest absolute Gasteiger partial charge is 0.161 e. The van der Waals surface area contributed by atoms with Gasteiger partial charge in [0.05, 0.1) is 27.3 Å². The van der Waals surface area contributed by atoms with Crippen LogP contribution in [-0.2, 0) is 6.54 Å². The molecule has 0 spiro atoms. The van der Waals surface area contributed by atoms with Gasteiger partial charge in [0.15, 0.2) is 11.5 Å². The van der Waals surface area contributed by atoms with Crippen molar-refractivity contribution in [2.24, 2.45) is 0 Å². The van der Waals surface area contributed by atoms with E-state index in [1.165, 1.54) is 31.5 Å². The molecule has 1 fully saturated rings. The molecular weight excluding hydrogens is 202 g/mol. The molecule has 0 bridgehead atoms. The SMILES string of the molecule is COc1ccc(C[NH+]2CCCC2)cc1OC. The van der Waals surface area contributed by atoms with Crippen molar-refractivity contribution in [1.29, 1.82) is 0 Å². The minimum atomic E-state index is 0.808. The van der Waals surface area contributed by atoms with E-state index in [4.69, 9.17) is 9.47 Å². The lowest BCUT2D eigenvalue weighted by molar-refractivity contribution is -0.901. The van der Waals surface area contributed by atoms with E-state index < -0.39 is 0 Å².